The van der Waals surface area contributed by atoms with Crippen molar-refractivity contribution in [1.82, 2.24) is 20.0 Å². The minimum Gasteiger partial charge on any atom is -0.497 e. The number of hydrogen-bond donors (Lipinski definition) is 1. The van der Waals surface area contributed by atoms with Gasteiger partial charge in [-0.25, -0.2) is 4.68 Å². The molecule has 5 rings (SSSR count). The van der Waals surface area contributed by atoms with Crippen LogP contribution in [0.3, 0.4) is 0 Å². The van der Waals surface area contributed by atoms with Crippen LogP contribution in [0.25, 0.3) is 5.69 Å². The van der Waals surface area contributed by atoms with Gasteiger partial charge in [0.05, 0.1) is 49.5 Å². The third kappa shape index (κ3) is 4.79. The van der Waals surface area contributed by atoms with E-state index >= 15 is 0 Å². The molecule has 7 nitrogen and oxygen atoms in total. The van der Waals surface area contributed by atoms with Crippen LogP contribution in [-0.2, 0) is 4.74 Å². The van der Waals surface area contributed by atoms with Crippen LogP contribution in [-0.4, -0.2) is 60.5 Å². The molecule has 1 saturated heterocycles. The van der Waals surface area contributed by atoms with E-state index in [1.807, 2.05) is 47.1 Å². The maximum atomic E-state index is 13.3. The Bertz CT molecular complexity index is 1070. The zero-order chi connectivity index (χ0) is 22.6. The number of amides is 1. The Morgan fingerprint density at radius 2 is 1.85 bits per heavy atom. The fourth-order valence-corrected chi connectivity index (χ4v) is 4.51. The summed E-state index contributed by atoms with van der Waals surface area (Å²) in [6.45, 7) is 3.61. The van der Waals surface area contributed by atoms with Gasteiger partial charge in [0, 0.05) is 25.6 Å². The van der Waals surface area contributed by atoms with Crippen molar-refractivity contribution >= 4 is 5.91 Å². The molecule has 1 aromatic heterocycles. The summed E-state index contributed by atoms with van der Waals surface area (Å²) in [4.78, 5) is 15.7. The van der Waals surface area contributed by atoms with Crippen molar-refractivity contribution in [2.45, 2.75) is 24.8 Å². The van der Waals surface area contributed by atoms with E-state index in [1.54, 1.807) is 13.3 Å². The molecule has 2 aliphatic rings. The van der Waals surface area contributed by atoms with Gasteiger partial charge in [0.2, 0.25) is 0 Å². The van der Waals surface area contributed by atoms with Gasteiger partial charge in [-0.2, -0.15) is 5.10 Å². The van der Waals surface area contributed by atoms with E-state index in [9.17, 15) is 4.79 Å². The summed E-state index contributed by atoms with van der Waals surface area (Å²) in [5.41, 5.74) is 3.84. The number of aromatic nitrogens is 2. The van der Waals surface area contributed by atoms with Gasteiger partial charge in [-0.3, -0.25) is 9.69 Å². The average molecular weight is 447 g/mol. The molecule has 0 bridgehead atoms. The van der Waals surface area contributed by atoms with E-state index < -0.39 is 0 Å². The van der Waals surface area contributed by atoms with Crippen molar-refractivity contribution in [3.05, 3.63) is 77.6 Å². The van der Waals surface area contributed by atoms with E-state index in [-0.39, 0.29) is 11.9 Å². The van der Waals surface area contributed by atoms with Gasteiger partial charge in [-0.1, -0.05) is 30.3 Å². The second kappa shape index (κ2) is 9.77. The van der Waals surface area contributed by atoms with Gasteiger partial charge < -0.3 is 14.8 Å². The molecule has 1 N–H and O–H groups in total. The largest absolute Gasteiger partial charge is 0.497 e. The molecule has 2 aromatic carbocycles. The lowest BCUT2D eigenvalue weighted by atomic mass is 10.0. The van der Waals surface area contributed by atoms with Gasteiger partial charge in [-0.05, 0) is 42.7 Å². The molecule has 1 aliphatic carbocycles. The third-order valence-electron chi connectivity index (χ3n) is 6.46. The average Bonchev–Trinajstić information content (AvgIpc) is 3.63. The smallest absolute Gasteiger partial charge is 0.254 e. The summed E-state index contributed by atoms with van der Waals surface area (Å²) in [6, 6.07) is 18.2. The summed E-state index contributed by atoms with van der Waals surface area (Å²) < 4.78 is 12.8. The van der Waals surface area contributed by atoms with Gasteiger partial charge >= 0.3 is 0 Å². The fraction of sp³-hybridized carbons (Fsp3) is 0.385. The minimum absolute atomic E-state index is 0.0640. The molecule has 1 aliphatic heterocycles. The summed E-state index contributed by atoms with van der Waals surface area (Å²) in [5.74, 6) is 1.15. The number of hydrogen-bond acceptors (Lipinski definition) is 5. The van der Waals surface area contributed by atoms with Crippen LogP contribution in [0, 0.1) is 0 Å². The molecule has 1 saturated carbocycles. The number of ether oxygens (including phenoxy) is 2. The highest BCUT2D eigenvalue weighted by molar-refractivity contribution is 5.95. The molecule has 0 spiro atoms. The zero-order valence-corrected chi connectivity index (χ0v) is 18.9. The summed E-state index contributed by atoms with van der Waals surface area (Å²) in [7, 11) is 1.67. The second-order valence-corrected chi connectivity index (χ2v) is 8.61. The lowest BCUT2D eigenvalue weighted by Crippen LogP contribution is -2.43. The Balaban J connectivity index is 1.36. The Kier molecular flexibility index (Phi) is 6.41. The second-order valence-electron chi connectivity index (χ2n) is 8.61. The number of morpholine rings is 1. The Labute approximate surface area is 194 Å². The first-order valence-corrected chi connectivity index (χ1v) is 11.6. The number of benzene rings is 2. The normalized spacial score (nSPS) is 17.5. The monoisotopic (exact) mass is 446 g/mol. The molecule has 3 aromatic rings. The number of carbonyl (C=O) groups is 1. The predicted octanol–water partition coefficient (Wildman–Crippen LogP) is 3.56. The summed E-state index contributed by atoms with van der Waals surface area (Å²) in [6.07, 6.45) is 3.91. The van der Waals surface area contributed by atoms with Crippen LogP contribution in [0.4, 0.5) is 0 Å². The van der Waals surface area contributed by atoms with E-state index in [2.05, 4.69) is 27.4 Å². The first-order chi connectivity index (χ1) is 16.2. The van der Waals surface area contributed by atoms with Crippen molar-refractivity contribution < 1.29 is 14.3 Å². The molecule has 172 valence electrons. The molecule has 2 fully saturated rings. The lowest BCUT2D eigenvalue weighted by molar-refractivity contribution is 0.0162. The Morgan fingerprint density at radius 3 is 2.52 bits per heavy atom. The summed E-state index contributed by atoms with van der Waals surface area (Å²) in [5, 5.41) is 7.78. The molecule has 0 unspecified atom stereocenters. The van der Waals surface area contributed by atoms with Gasteiger partial charge in [0.15, 0.2) is 0 Å². The van der Waals surface area contributed by atoms with Gasteiger partial charge in [0.25, 0.3) is 5.91 Å². The number of nitrogens with zero attached hydrogens (tertiary/aromatic N) is 3. The molecule has 1 atom stereocenters. The maximum absolute atomic E-state index is 13.3. The van der Waals surface area contributed by atoms with Crippen LogP contribution in [0.2, 0.25) is 0 Å². The number of rotatable bonds is 8. The zero-order valence-electron chi connectivity index (χ0n) is 18.9. The topological polar surface area (TPSA) is 68.6 Å². The molecular weight excluding hydrogens is 416 g/mol. The number of carbonyl (C=O) groups excluding carboxylic acids is 1. The molecule has 1 amide bonds. The molecule has 0 radical (unpaired) electrons. The first-order valence-electron chi connectivity index (χ1n) is 11.6. The Morgan fingerprint density at radius 1 is 1.12 bits per heavy atom. The SMILES string of the molecule is COc1ccc([C@@H](CNC(=O)c2cnn(-c3ccccc3)c2C2CC2)N2CCOCC2)cc1. The van der Waals surface area contributed by atoms with Crippen LogP contribution in [0.5, 0.6) is 5.75 Å². The van der Waals surface area contributed by atoms with Crippen LogP contribution >= 0.6 is 0 Å². The molecule has 2 heterocycles. The van der Waals surface area contributed by atoms with Crippen molar-refractivity contribution in [3.8, 4) is 11.4 Å². The first kappa shape index (κ1) is 21.7. The van der Waals surface area contributed by atoms with E-state index in [0.29, 0.717) is 31.2 Å². The summed E-state index contributed by atoms with van der Waals surface area (Å²) >= 11 is 0. The van der Waals surface area contributed by atoms with Gasteiger partial charge in [-0.15, -0.1) is 0 Å². The van der Waals surface area contributed by atoms with Crippen molar-refractivity contribution in [1.29, 1.82) is 0 Å². The quantitative estimate of drug-likeness (QED) is 0.573. The fourth-order valence-electron chi connectivity index (χ4n) is 4.51. The van der Waals surface area contributed by atoms with Crippen molar-refractivity contribution in [2.24, 2.45) is 0 Å². The predicted molar refractivity (Wildman–Crippen MR) is 126 cm³/mol. The molecule has 33 heavy (non-hydrogen) atoms. The maximum Gasteiger partial charge on any atom is 0.254 e. The van der Waals surface area contributed by atoms with Crippen LogP contribution < -0.4 is 10.1 Å². The highest BCUT2D eigenvalue weighted by Gasteiger charge is 2.33. The standard InChI is InChI=1S/C26H30N4O3/c1-32-22-11-9-19(10-12-22)24(29-13-15-33-16-14-29)18-27-26(31)23-17-28-30(25(23)20-7-8-20)21-5-3-2-4-6-21/h2-6,9-12,17,20,24H,7-8,13-16,18H2,1H3,(H,27,31)/t24-/m1/s1. The van der Waals surface area contributed by atoms with Crippen LogP contribution in [0.1, 0.15) is 46.4 Å². The lowest BCUT2D eigenvalue weighted by Gasteiger charge is -2.35. The van der Waals surface area contributed by atoms with Crippen molar-refractivity contribution in [2.75, 3.05) is 40.0 Å². The highest BCUT2D eigenvalue weighted by atomic mass is 16.5. The number of nitrogens with one attached hydrogen (secondary N) is 1. The van der Waals surface area contributed by atoms with Crippen LogP contribution in [0.15, 0.2) is 60.8 Å². The third-order valence-corrected chi connectivity index (χ3v) is 6.46. The van der Waals surface area contributed by atoms with E-state index in [1.165, 1.54) is 0 Å². The van der Waals surface area contributed by atoms with E-state index in [4.69, 9.17) is 9.47 Å². The number of methoxy groups -OCH3 is 1. The number of para-hydroxylation sites is 1. The van der Waals surface area contributed by atoms with Gasteiger partial charge in [0.1, 0.15) is 5.75 Å². The molecule has 7 heteroatoms. The van der Waals surface area contributed by atoms with Crippen molar-refractivity contribution in [3.63, 3.8) is 0 Å². The van der Waals surface area contributed by atoms with E-state index in [0.717, 1.165) is 48.6 Å². The minimum atomic E-state index is -0.0640. The highest BCUT2D eigenvalue weighted by Crippen LogP contribution is 2.42. The Hall–Kier alpha value is -3.16. The molecular formula is C26H30N4O3.